The van der Waals surface area contributed by atoms with Crippen LogP contribution in [-0.2, 0) is 0 Å². The number of hydrogen-bond donors (Lipinski definition) is 0. The first kappa shape index (κ1) is 8.82. The second-order valence-corrected chi connectivity index (χ2v) is 3.20. The predicted octanol–water partition coefficient (Wildman–Crippen LogP) is 3.75. The van der Waals surface area contributed by atoms with Gasteiger partial charge in [-0.05, 0) is 17.7 Å². The molecule has 0 radical (unpaired) electrons. The summed E-state index contributed by atoms with van der Waals surface area (Å²) in [6, 6.07) is 7.76. The Kier molecular flexibility index (Phi) is 3.67. The maximum Gasteiger partial charge on any atom is 0.0411 e. The Labute approximate surface area is 80.0 Å². The first-order valence-corrected chi connectivity index (χ1v) is 4.81. The van der Waals surface area contributed by atoms with Gasteiger partial charge < -0.3 is 0 Å². The van der Waals surface area contributed by atoms with Gasteiger partial charge in [-0.1, -0.05) is 51.8 Å². The van der Waals surface area contributed by atoms with Crippen LogP contribution in [0.25, 0.3) is 6.08 Å². The molecule has 0 amide bonds. The largest absolute Gasteiger partial charge is 0.0883 e. The van der Waals surface area contributed by atoms with E-state index < -0.39 is 0 Å². The third-order valence-electron chi connectivity index (χ3n) is 1.25. The molecule has 58 valence electrons. The summed E-state index contributed by atoms with van der Waals surface area (Å²) < 4.78 is 0. The number of allylic oxidation sites excluding steroid dienone is 1. The van der Waals surface area contributed by atoms with Crippen molar-refractivity contribution < 1.29 is 0 Å². The molecule has 2 heteroatoms. The van der Waals surface area contributed by atoms with E-state index >= 15 is 0 Å². The molecule has 0 aliphatic rings. The lowest BCUT2D eigenvalue weighted by atomic mass is 10.2. The fourth-order valence-corrected chi connectivity index (χ4v) is 1.18. The summed E-state index contributed by atoms with van der Waals surface area (Å²) in [5, 5.41) is 1.65. The lowest BCUT2D eigenvalue weighted by Crippen LogP contribution is -1.70. The van der Waals surface area contributed by atoms with Gasteiger partial charge in [0, 0.05) is 10.4 Å². The van der Waals surface area contributed by atoms with Gasteiger partial charge in [0.25, 0.3) is 0 Å². The molecule has 1 aromatic rings. The molecule has 0 unspecified atom stereocenters. The summed E-state index contributed by atoms with van der Waals surface area (Å²) in [5.74, 6) is 0. The average Bonchev–Trinajstić information content (AvgIpc) is 2.01. The summed E-state index contributed by atoms with van der Waals surface area (Å²) in [7, 11) is 0. The monoisotopic (exact) mass is 230 g/mol. The second kappa shape index (κ2) is 4.58. The summed E-state index contributed by atoms with van der Waals surface area (Å²) in [6.45, 7) is 0. The normalized spacial score (nSPS) is 10.7. The van der Waals surface area contributed by atoms with Crippen LogP contribution < -0.4 is 0 Å². The molecule has 0 aromatic heterocycles. The Bertz CT molecular complexity index is 255. The van der Waals surface area contributed by atoms with Gasteiger partial charge in [-0.15, -0.1) is 0 Å². The van der Waals surface area contributed by atoms with Crippen molar-refractivity contribution >= 4 is 33.6 Å². The van der Waals surface area contributed by atoms with Crippen molar-refractivity contribution in [3.63, 3.8) is 0 Å². The highest BCUT2D eigenvalue weighted by molar-refractivity contribution is 9.09. The number of rotatable bonds is 2. The van der Waals surface area contributed by atoms with Crippen molar-refractivity contribution in [2.24, 2.45) is 0 Å². The molecule has 0 heterocycles. The van der Waals surface area contributed by atoms with Crippen molar-refractivity contribution in [2.45, 2.75) is 0 Å². The highest BCUT2D eigenvalue weighted by atomic mass is 79.9. The van der Waals surface area contributed by atoms with Crippen molar-refractivity contribution in [3.8, 4) is 0 Å². The van der Waals surface area contributed by atoms with E-state index in [1.165, 1.54) is 0 Å². The molecule has 0 aliphatic heterocycles. The fraction of sp³-hybridized carbons (Fsp3) is 0.111. The van der Waals surface area contributed by atoms with Gasteiger partial charge in [-0.25, -0.2) is 0 Å². The molecule has 0 N–H and O–H groups in total. The molecule has 1 aromatic carbocycles. The van der Waals surface area contributed by atoms with E-state index in [0.717, 1.165) is 15.9 Å². The Morgan fingerprint density at radius 3 is 2.91 bits per heavy atom. The van der Waals surface area contributed by atoms with Gasteiger partial charge in [0.2, 0.25) is 0 Å². The van der Waals surface area contributed by atoms with Crippen LogP contribution >= 0.6 is 27.5 Å². The molecule has 11 heavy (non-hydrogen) atoms. The predicted molar refractivity (Wildman–Crippen MR) is 54.3 cm³/mol. The molecule has 1 rings (SSSR count). The Morgan fingerprint density at radius 1 is 1.45 bits per heavy atom. The molecule has 0 bridgehead atoms. The first-order valence-electron chi connectivity index (χ1n) is 3.31. The smallest absolute Gasteiger partial charge is 0.0411 e. The van der Waals surface area contributed by atoms with Gasteiger partial charge in [0.1, 0.15) is 0 Å². The summed E-state index contributed by atoms with van der Waals surface area (Å²) in [6.07, 6.45) is 4.06. The first-order chi connectivity index (χ1) is 5.33. The molecule has 0 fully saturated rings. The van der Waals surface area contributed by atoms with E-state index in [0.29, 0.717) is 0 Å². The minimum absolute atomic E-state index is 0.779. The van der Waals surface area contributed by atoms with Crippen LogP contribution in [0.5, 0.6) is 0 Å². The van der Waals surface area contributed by atoms with Crippen LogP contribution in [0, 0.1) is 0 Å². The second-order valence-electron chi connectivity index (χ2n) is 2.11. The Balaban J connectivity index is 2.79. The molecular formula is C9H8BrCl. The van der Waals surface area contributed by atoms with Crippen molar-refractivity contribution in [3.05, 3.63) is 40.9 Å². The topological polar surface area (TPSA) is 0 Å². The molecule has 0 aliphatic carbocycles. The van der Waals surface area contributed by atoms with Gasteiger partial charge in [0.15, 0.2) is 0 Å². The maximum atomic E-state index is 5.78. The minimum atomic E-state index is 0.779. The molecule has 0 saturated carbocycles. The molecule has 0 nitrogen and oxygen atoms in total. The number of halogens is 2. The highest BCUT2D eigenvalue weighted by Gasteiger charge is 1.86. The molecule has 0 spiro atoms. The van der Waals surface area contributed by atoms with Crippen molar-refractivity contribution in [1.82, 2.24) is 0 Å². The molecule has 0 atom stereocenters. The average molecular weight is 232 g/mol. The van der Waals surface area contributed by atoms with Crippen molar-refractivity contribution in [2.75, 3.05) is 5.33 Å². The number of benzene rings is 1. The zero-order valence-electron chi connectivity index (χ0n) is 5.93. The van der Waals surface area contributed by atoms with E-state index in [1.807, 2.05) is 36.4 Å². The zero-order valence-corrected chi connectivity index (χ0v) is 8.27. The third kappa shape index (κ3) is 3.08. The molecule has 0 saturated heterocycles. The lowest BCUT2D eigenvalue weighted by Gasteiger charge is -1.92. The van der Waals surface area contributed by atoms with E-state index in [-0.39, 0.29) is 0 Å². The summed E-state index contributed by atoms with van der Waals surface area (Å²) in [5.41, 5.74) is 1.14. The van der Waals surface area contributed by atoms with Crippen LogP contribution in [0.15, 0.2) is 30.3 Å². The summed E-state index contributed by atoms with van der Waals surface area (Å²) in [4.78, 5) is 0. The minimum Gasteiger partial charge on any atom is -0.0883 e. The van der Waals surface area contributed by atoms with E-state index in [4.69, 9.17) is 11.6 Å². The quantitative estimate of drug-likeness (QED) is 0.680. The van der Waals surface area contributed by atoms with E-state index in [1.54, 1.807) is 0 Å². The van der Waals surface area contributed by atoms with E-state index in [2.05, 4.69) is 15.9 Å². The van der Waals surface area contributed by atoms with Gasteiger partial charge in [0.05, 0.1) is 0 Å². The van der Waals surface area contributed by atoms with Crippen LogP contribution in [0.1, 0.15) is 5.56 Å². The SMILES string of the molecule is Clc1cccc(C=CCBr)c1. The van der Waals surface area contributed by atoms with E-state index in [9.17, 15) is 0 Å². The van der Waals surface area contributed by atoms with Gasteiger partial charge >= 0.3 is 0 Å². The zero-order chi connectivity index (χ0) is 8.10. The maximum absolute atomic E-state index is 5.78. The standard InChI is InChI=1S/C9H8BrCl/c10-6-2-4-8-3-1-5-9(11)7-8/h1-5,7H,6H2. The lowest BCUT2D eigenvalue weighted by molar-refractivity contribution is 1.65. The van der Waals surface area contributed by atoms with Crippen molar-refractivity contribution in [1.29, 1.82) is 0 Å². The summed E-state index contributed by atoms with van der Waals surface area (Å²) >= 11 is 9.08. The fourth-order valence-electron chi connectivity index (χ4n) is 0.791. The van der Waals surface area contributed by atoms with Crippen LogP contribution in [0.2, 0.25) is 5.02 Å². The Morgan fingerprint density at radius 2 is 2.27 bits per heavy atom. The number of alkyl halides is 1. The van der Waals surface area contributed by atoms with Gasteiger partial charge in [-0.3, -0.25) is 0 Å². The van der Waals surface area contributed by atoms with Crippen LogP contribution in [0.3, 0.4) is 0 Å². The third-order valence-corrected chi connectivity index (χ3v) is 1.86. The Hall–Kier alpha value is -0.270. The number of hydrogen-bond acceptors (Lipinski definition) is 0. The molecular weight excluding hydrogens is 223 g/mol. The van der Waals surface area contributed by atoms with Gasteiger partial charge in [-0.2, -0.15) is 0 Å². The van der Waals surface area contributed by atoms with Crippen LogP contribution in [-0.4, -0.2) is 5.33 Å². The highest BCUT2D eigenvalue weighted by Crippen LogP contribution is 2.11. The van der Waals surface area contributed by atoms with Crippen LogP contribution in [0.4, 0.5) is 0 Å².